The summed E-state index contributed by atoms with van der Waals surface area (Å²) in [5.74, 6) is -2.36. The average Bonchev–Trinajstić information content (AvgIpc) is 3.68. The van der Waals surface area contributed by atoms with Crippen LogP contribution in [0.2, 0.25) is 0 Å². The molecule has 0 fully saturated rings. The summed E-state index contributed by atoms with van der Waals surface area (Å²) in [5, 5.41) is 20.2. The summed E-state index contributed by atoms with van der Waals surface area (Å²) >= 11 is 2.95. The second kappa shape index (κ2) is 9.36. The molecular formula is C32H26N6O4S2. The van der Waals surface area contributed by atoms with Gasteiger partial charge in [-0.25, -0.2) is 9.98 Å². The molecule has 6 rings (SSSR count). The SMILES string of the molecule is CC1=C(C#N)C(=O)N(C)C(=O)C1=Nc1cc2c(s1)C1=C(c3sc(N=C4C(=O)N(C)C(=O)C(C#N)=C4C)cc3C1(C)C)C2(C)C. The summed E-state index contributed by atoms with van der Waals surface area (Å²) in [7, 11) is 2.69. The molecule has 4 amide bonds. The quantitative estimate of drug-likeness (QED) is 0.425. The van der Waals surface area contributed by atoms with Gasteiger partial charge in [-0.3, -0.25) is 29.0 Å². The fourth-order valence-corrected chi connectivity index (χ4v) is 9.13. The van der Waals surface area contributed by atoms with Crippen molar-refractivity contribution in [1.82, 2.24) is 9.80 Å². The van der Waals surface area contributed by atoms with Crippen LogP contribution >= 0.6 is 22.7 Å². The number of fused-ring (bicyclic) bond motifs is 4. The standard InChI is InChI=1S/C32H26N6O4S2/c1-13-15(11-33)27(39)37(7)29(41)23(13)35-19-9-17-25(43-19)21-22(31(17,3)4)26-18(32(21,5)6)10-20(44-26)36-24-14(2)16(12-34)28(40)38(8)30(24)42/h9-10H,1-8H3. The highest BCUT2D eigenvalue weighted by molar-refractivity contribution is 7.18. The largest absolute Gasteiger partial charge is 0.279 e. The molecule has 0 unspecified atom stereocenters. The first-order valence-corrected chi connectivity index (χ1v) is 15.3. The minimum Gasteiger partial charge on any atom is -0.276 e. The topological polar surface area (TPSA) is 147 Å². The number of aliphatic imine (C=N–C) groups is 2. The van der Waals surface area contributed by atoms with Crippen LogP contribution in [0.15, 0.2) is 44.4 Å². The van der Waals surface area contributed by atoms with Crippen molar-refractivity contribution in [2.24, 2.45) is 9.98 Å². The van der Waals surface area contributed by atoms with Gasteiger partial charge in [-0.15, -0.1) is 22.7 Å². The molecule has 44 heavy (non-hydrogen) atoms. The number of nitriles is 2. The van der Waals surface area contributed by atoms with Gasteiger partial charge in [0.2, 0.25) is 0 Å². The first-order chi connectivity index (χ1) is 20.6. The zero-order valence-electron chi connectivity index (χ0n) is 25.3. The lowest BCUT2D eigenvalue weighted by Crippen LogP contribution is -2.44. The van der Waals surface area contributed by atoms with Crippen molar-refractivity contribution in [1.29, 1.82) is 10.5 Å². The van der Waals surface area contributed by atoms with Crippen LogP contribution < -0.4 is 0 Å². The van der Waals surface area contributed by atoms with Crippen molar-refractivity contribution >= 4 is 78.9 Å². The van der Waals surface area contributed by atoms with Crippen LogP contribution in [-0.4, -0.2) is 58.9 Å². The lowest BCUT2D eigenvalue weighted by molar-refractivity contribution is -0.138. The molecule has 0 N–H and O–H groups in total. The number of likely N-dealkylation sites (N-methyl/N-ethyl adjacent to an activating group) is 2. The summed E-state index contributed by atoms with van der Waals surface area (Å²) < 4.78 is 0. The third-order valence-corrected chi connectivity index (χ3v) is 11.0. The molecule has 0 spiro atoms. The highest BCUT2D eigenvalue weighted by atomic mass is 32.1. The van der Waals surface area contributed by atoms with Gasteiger partial charge in [0.15, 0.2) is 0 Å². The smallest absolute Gasteiger partial charge is 0.276 e. The van der Waals surface area contributed by atoms with Gasteiger partial charge in [0.05, 0.1) is 0 Å². The van der Waals surface area contributed by atoms with Crippen LogP contribution in [0.25, 0.3) is 11.1 Å². The maximum absolute atomic E-state index is 13.0. The van der Waals surface area contributed by atoms with Crippen molar-refractivity contribution in [3.05, 3.63) is 55.3 Å². The molecule has 0 saturated heterocycles. The van der Waals surface area contributed by atoms with Crippen LogP contribution in [0, 0.1) is 22.7 Å². The van der Waals surface area contributed by atoms with E-state index in [-0.39, 0.29) is 33.7 Å². The number of amides is 4. The molecule has 12 heteroatoms. The predicted octanol–water partition coefficient (Wildman–Crippen LogP) is 5.13. The molecular weight excluding hydrogens is 597 g/mol. The Labute approximate surface area is 261 Å². The average molecular weight is 623 g/mol. The zero-order valence-corrected chi connectivity index (χ0v) is 26.9. The Hall–Kier alpha value is -4.78. The van der Waals surface area contributed by atoms with E-state index >= 15 is 0 Å². The van der Waals surface area contributed by atoms with E-state index in [4.69, 9.17) is 0 Å². The molecule has 2 aliphatic heterocycles. The number of thiophene rings is 2. The minimum absolute atomic E-state index is 0.0811. The number of rotatable bonds is 2. The molecule has 4 aliphatic rings. The Bertz CT molecular complexity index is 1920. The van der Waals surface area contributed by atoms with Crippen LogP contribution in [0.4, 0.5) is 10.0 Å². The lowest BCUT2D eigenvalue weighted by Gasteiger charge is -2.23. The molecule has 2 aromatic rings. The maximum Gasteiger partial charge on any atom is 0.279 e. The number of imide groups is 2. The monoisotopic (exact) mass is 622 g/mol. The van der Waals surface area contributed by atoms with Gasteiger partial charge < -0.3 is 0 Å². The van der Waals surface area contributed by atoms with Gasteiger partial charge in [0.25, 0.3) is 23.6 Å². The molecule has 220 valence electrons. The predicted molar refractivity (Wildman–Crippen MR) is 168 cm³/mol. The first-order valence-electron chi connectivity index (χ1n) is 13.7. The molecule has 10 nitrogen and oxygen atoms in total. The van der Waals surface area contributed by atoms with Crippen LogP contribution in [0.5, 0.6) is 0 Å². The maximum atomic E-state index is 13.0. The molecule has 4 heterocycles. The third-order valence-electron chi connectivity index (χ3n) is 8.92. The van der Waals surface area contributed by atoms with Gasteiger partial charge >= 0.3 is 0 Å². The van der Waals surface area contributed by atoms with Gasteiger partial charge in [-0.2, -0.15) is 10.5 Å². The number of carbonyl (C=O) groups excluding carboxylic acids is 4. The molecule has 2 aromatic heterocycles. The second-order valence-corrected chi connectivity index (χ2v) is 14.2. The van der Waals surface area contributed by atoms with Crippen molar-refractivity contribution < 1.29 is 19.2 Å². The molecule has 0 atom stereocenters. The van der Waals surface area contributed by atoms with E-state index in [0.29, 0.717) is 10.0 Å². The van der Waals surface area contributed by atoms with Crippen molar-refractivity contribution in [2.75, 3.05) is 14.1 Å². The van der Waals surface area contributed by atoms with E-state index in [1.165, 1.54) is 47.9 Å². The van der Waals surface area contributed by atoms with Gasteiger partial charge in [0.1, 0.15) is 44.7 Å². The van der Waals surface area contributed by atoms with Crippen LogP contribution in [0.1, 0.15) is 62.4 Å². The molecule has 0 bridgehead atoms. The molecule has 2 aliphatic carbocycles. The summed E-state index contributed by atoms with van der Waals surface area (Å²) in [6, 6.07) is 7.76. The number of nitrogens with zero attached hydrogens (tertiary/aromatic N) is 6. The van der Waals surface area contributed by atoms with E-state index in [1.807, 2.05) is 24.3 Å². The number of hydrogen-bond donors (Lipinski definition) is 0. The number of allylic oxidation sites excluding steroid dienone is 2. The Morgan fingerprint density at radius 3 is 1.32 bits per heavy atom. The van der Waals surface area contributed by atoms with E-state index in [0.717, 1.165) is 30.7 Å². The van der Waals surface area contributed by atoms with E-state index in [1.54, 1.807) is 13.8 Å². The summed E-state index contributed by atoms with van der Waals surface area (Å²) in [6.07, 6.45) is 0. The van der Waals surface area contributed by atoms with E-state index in [2.05, 4.69) is 37.7 Å². The lowest BCUT2D eigenvalue weighted by atomic mass is 9.81. The zero-order chi connectivity index (χ0) is 32.2. The Kier molecular flexibility index (Phi) is 6.23. The summed E-state index contributed by atoms with van der Waals surface area (Å²) in [4.78, 5) is 64.0. The van der Waals surface area contributed by atoms with Gasteiger partial charge in [-0.05, 0) is 48.3 Å². The normalized spacial score (nSPS) is 22.3. The fraction of sp³-hybridized carbons (Fsp3) is 0.312. The summed E-state index contributed by atoms with van der Waals surface area (Å²) in [6.45, 7) is 11.7. The minimum atomic E-state index is -0.632. The highest BCUT2D eigenvalue weighted by Gasteiger charge is 2.52. The molecule has 0 saturated carbocycles. The second-order valence-electron chi connectivity index (χ2n) is 12.1. The molecule has 0 aromatic carbocycles. The van der Waals surface area contributed by atoms with Crippen molar-refractivity contribution in [3.8, 4) is 12.1 Å². The Morgan fingerprint density at radius 2 is 1.00 bits per heavy atom. The highest BCUT2D eigenvalue weighted by Crippen LogP contribution is 2.66. The van der Waals surface area contributed by atoms with E-state index < -0.39 is 34.5 Å². The third kappa shape index (κ3) is 3.68. The number of carbonyl (C=O) groups is 4. The van der Waals surface area contributed by atoms with Gasteiger partial charge in [-0.1, -0.05) is 27.7 Å². The van der Waals surface area contributed by atoms with Gasteiger partial charge in [0, 0.05) is 45.8 Å². The Morgan fingerprint density at radius 1 is 0.659 bits per heavy atom. The number of hydrogen-bond acceptors (Lipinski definition) is 10. The Balaban J connectivity index is 1.46. The fourth-order valence-electron chi connectivity index (χ4n) is 6.32. The van der Waals surface area contributed by atoms with E-state index in [9.17, 15) is 29.7 Å². The van der Waals surface area contributed by atoms with Crippen LogP contribution in [0.3, 0.4) is 0 Å². The molecule has 0 radical (unpaired) electrons. The first kappa shape index (κ1) is 29.3. The van der Waals surface area contributed by atoms with Crippen molar-refractivity contribution in [2.45, 2.75) is 52.4 Å². The summed E-state index contributed by atoms with van der Waals surface area (Å²) in [5.41, 5.74) is 4.16. The van der Waals surface area contributed by atoms with Crippen molar-refractivity contribution in [3.63, 3.8) is 0 Å². The van der Waals surface area contributed by atoms with Crippen LogP contribution in [-0.2, 0) is 30.0 Å².